The van der Waals surface area contributed by atoms with E-state index in [1.54, 1.807) is 6.92 Å². The second kappa shape index (κ2) is 3.57. The largest absolute Gasteiger partial charge is 0.507 e. The van der Waals surface area contributed by atoms with Gasteiger partial charge in [-0.2, -0.15) is 0 Å². The zero-order chi connectivity index (χ0) is 11.0. The molecule has 1 aromatic heterocycles. The van der Waals surface area contributed by atoms with E-state index < -0.39 is 5.82 Å². The molecule has 0 bridgehead atoms. The molecule has 1 N–H and O–H groups in total. The Kier molecular flexibility index (Phi) is 2.39. The van der Waals surface area contributed by atoms with E-state index in [4.69, 9.17) is 4.42 Å². The maximum atomic E-state index is 13.6. The summed E-state index contributed by atoms with van der Waals surface area (Å²) in [6, 6.07) is 1.35. The molecule has 0 aliphatic rings. The summed E-state index contributed by atoms with van der Waals surface area (Å²) >= 11 is 0. The zero-order valence-corrected chi connectivity index (χ0v) is 8.80. The minimum absolute atomic E-state index is 0.143. The number of halogens is 1. The Labute approximate surface area is 87.3 Å². The highest BCUT2D eigenvalue weighted by atomic mass is 19.1. The van der Waals surface area contributed by atoms with Crippen molar-refractivity contribution < 1.29 is 13.9 Å². The number of hydrogen-bond acceptors (Lipinski definition) is 2. The quantitative estimate of drug-likeness (QED) is 0.818. The van der Waals surface area contributed by atoms with Gasteiger partial charge in [0, 0.05) is 0 Å². The predicted octanol–water partition coefficient (Wildman–Crippen LogP) is 3.54. The molecule has 0 saturated heterocycles. The fraction of sp³-hybridized carbons (Fsp3) is 0.333. The molecule has 0 fully saturated rings. The number of fused-ring (bicyclic) bond motifs is 1. The van der Waals surface area contributed by atoms with Gasteiger partial charge < -0.3 is 9.52 Å². The van der Waals surface area contributed by atoms with Gasteiger partial charge in [-0.25, -0.2) is 4.39 Å². The van der Waals surface area contributed by atoms with Crippen LogP contribution in [0.25, 0.3) is 11.0 Å². The molecule has 15 heavy (non-hydrogen) atoms. The minimum atomic E-state index is -0.403. The van der Waals surface area contributed by atoms with E-state index in [1.165, 1.54) is 12.3 Å². The molecular formula is C12H13FO2. The van der Waals surface area contributed by atoms with Crippen molar-refractivity contribution >= 4 is 11.0 Å². The summed E-state index contributed by atoms with van der Waals surface area (Å²) in [5, 5.41) is 10.4. The van der Waals surface area contributed by atoms with Crippen molar-refractivity contribution in [1.82, 2.24) is 0 Å². The Bertz CT molecular complexity index is 500. The van der Waals surface area contributed by atoms with Gasteiger partial charge in [-0.3, -0.25) is 0 Å². The molecule has 1 aromatic carbocycles. The van der Waals surface area contributed by atoms with Crippen LogP contribution in [0.3, 0.4) is 0 Å². The average Bonchev–Trinajstić information content (AvgIpc) is 2.57. The molecule has 80 valence electrons. The first-order valence-corrected chi connectivity index (χ1v) is 5.03. The van der Waals surface area contributed by atoms with E-state index in [9.17, 15) is 9.50 Å². The molecule has 2 nitrogen and oxygen atoms in total. The van der Waals surface area contributed by atoms with Gasteiger partial charge in [0.05, 0.1) is 11.6 Å². The number of aryl methyl sites for hydroxylation is 2. The number of phenolic OH excluding ortho intramolecular Hbond substituents is 1. The SMILES string of the molecule is CCCc1cc(F)c2occ(C)c2c1O. The molecule has 1 heterocycles. The fourth-order valence-corrected chi connectivity index (χ4v) is 1.82. The van der Waals surface area contributed by atoms with Crippen molar-refractivity contribution in [2.75, 3.05) is 0 Å². The van der Waals surface area contributed by atoms with Crippen LogP contribution in [-0.2, 0) is 6.42 Å². The second-order valence-corrected chi connectivity index (χ2v) is 3.74. The number of aromatic hydroxyl groups is 1. The lowest BCUT2D eigenvalue weighted by Gasteiger charge is -2.05. The molecule has 0 aliphatic carbocycles. The van der Waals surface area contributed by atoms with Gasteiger partial charge in [0.1, 0.15) is 5.75 Å². The highest BCUT2D eigenvalue weighted by molar-refractivity contribution is 5.88. The topological polar surface area (TPSA) is 33.4 Å². The number of rotatable bonds is 2. The van der Waals surface area contributed by atoms with Crippen LogP contribution < -0.4 is 0 Å². The number of furan rings is 1. The summed E-state index contributed by atoms with van der Waals surface area (Å²) in [6.45, 7) is 3.78. The average molecular weight is 208 g/mol. The first kappa shape index (κ1) is 10.0. The Hall–Kier alpha value is -1.51. The summed E-state index contributed by atoms with van der Waals surface area (Å²) in [6.07, 6.45) is 3.00. The number of phenols is 1. The van der Waals surface area contributed by atoms with E-state index in [1.807, 2.05) is 6.92 Å². The van der Waals surface area contributed by atoms with E-state index in [0.29, 0.717) is 17.4 Å². The van der Waals surface area contributed by atoms with Crippen LogP contribution in [-0.4, -0.2) is 5.11 Å². The van der Waals surface area contributed by atoms with Gasteiger partial charge in [0.15, 0.2) is 11.4 Å². The minimum Gasteiger partial charge on any atom is -0.507 e. The molecule has 3 heteroatoms. The monoisotopic (exact) mass is 208 g/mol. The van der Waals surface area contributed by atoms with Crippen molar-refractivity contribution in [2.45, 2.75) is 26.7 Å². The fourth-order valence-electron chi connectivity index (χ4n) is 1.82. The van der Waals surface area contributed by atoms with Crippen LogP contribution in [0.15, 0.2) is 16.7 Å². The van der Waals surface area contributed by atoms with Crippen molar-refractivity contribution in [1.29, 1.82) is 0 Å². The Morgan fingerprint density at radius 2 is 2.20 bits per heavy atom. The second-order valence-electron chi connectivity index (χ2n) is 3.74. The predicted molar refractivity (Wildman–Crippen MR) is 56.6 cm³/mol. The van der Waals surface area contributed by atoms with E-state index in [2.05, 4.69) is 0 Å². The Morgan fingerprint density at radius 1 is 1.47 bits per heavy atom. The molecule has 0 amide bonds. The van der Waals surface area contributed by atoms with Crippen molar-refractivity contribution in [3.05, 3.63) is 29.3 Å². The third kappa shape index (κ3) is 1.48. The van der Waals surface area contributed by atoms with Crippen molar-refractivity contribution in [2.24, 2.45) is 0 Å². The summed E-state index contributed by atoms with van der Waals surface area (Å²) in [4.78, 5) is 0. The van der Waals surface area contributed by atoms with Gasteiger partial charge in [-0.15, -0.1) is 0 Å². The lowest BCUT2D eigenvalue weighted by Crippen LogP contribution is -1.88. The van der Waals surface area contributed by atoms with Crippen LogP contribution in [0.5, 0.6) is 5.75 Å². The summed E-state index contributed by atoms with van der Waals surface area (Å²) in [5.74, 6) is -0.251. The maximum absolute atomic E-state index is 13.6. The highest BCUT2D eigenvalue weighted by Crippen LogP contribution is 2.35. The molecule has 0 aliphatic heterocycles. The first-order valence-electron chi connectivity index (χ1n) is 5.03. The van der Waals surface area contributed by atoms with Crippen LogP contribution in [0.1, 0.15) is 24.5 Å². The van der Waals surface area contributed by atoms with Crippen molar-refractivity contribution in [3.63, 3.8) is 0 Å². The molecule has 0 spiro atoms. The summed E-state index contributed by atoms with van der Waals surface area (Å²) < 4.78 is 18.6. The van der Waals surface area contributed by atoms with Gasteiger partial charge in [-0.05, 0) is 30.5 Å². The summed E-state index contributed by atoms with van der Waals surface area (Å²) in [5.41, 5.74) is 1.55. The molecule has 0 unspecified atom stereocenters. The zero-order valence-electron chi connectivity index (χ0n) is 8.80. The standard InChI is InChI=1S/C12H13FO2/c1-3-4-8-5-9(13)12-10(11(8)14)7(2)6-15-12/h5-6,14H,3-4H2,1-2H3. The third-order valence-electron chi connectivity index (χ3n) is 2.55. The van der Waals surface area contributed by atoms with Gasteiger partial charge in [0.2, 0.25) is 0 Å². The van der Waals surface area contributed by atoms with Crippen LogP contribution in [0.2, 0.25) is 0 Å². The smallest absolute Gasteiger partial charge is 0.173 e. The molecule has 0 atom stereocenters. The highest BCUT2D eigenvalue weighted by Gasteiger charge is 2.15. The van der Waals surface area contributed by atoms with E-state index in [-0.39, 0.29) is 11.3 Å². The molecule has 2 aromatic rings. The van der Waals surface area contributed by atoms with Crippen molar-refractivity contribution in [3.8, 4) is 5.75 Å². The molecule has 0 radical (unpaired) electrons. The lowest BCUT2D eigenvalue weighted by molar-refractivity contribution is 0.470. The normalized spacial score (nSPS) is 11.1. The lowest BCUT2D eigenvalue weighted by atomic mass is 10.0. The van der Waals surface area contributed by atoms with E-state index in [0.717, 1.165) is 12.0 Å². The van der Waals surface area contributed by atoms with Gasteiger partial charge >= 0.3 is 0 Å². The van der Waals surface area contributed by atoms with Crippen LogP contribution >= 0.6 is 0 Å². The van der Waals surface area contributed by atoms with Gasteiger partial charge in [0.25, 0.3) is 0 Å². The van der Waals surface area contributed by atoms with Gasteiger partial charge in [-0.1, -0.05) is 13.3 Å². The summed E-state index contributed by atoms with van der Waals surface area (Å²) in [7, 11) is 0. The number of benzene rings is 1. The first-order chi connectivity index (χ1) is 7.15. The van der Waals surface area contributed by atoms with Crippen LogP contribution in [0, 0.1) is 12.7 Å². The Morgan fingerprint density at radius 3 is 2.87 bits per heavy atom. The number of hydrogen-bond donors (Lipinski definition) is 1. The Balaban J connectivity index is 2.76. The third-order valence-corrected chi connectivity index (χ3v) is 2.55. The molecular weight excluding hydrogens is 195 g/mol. The maximum Gasteiger partial charge on any atom is 0.173 e. The molecule has 0 saturated carbocycles. The van der Waals surface area contributed by atoms with E-state index >= 15 is 0 Å². The molecule has 2 rings (SSSR count). The van der Waals surface area contributed by atoms with Crippen LogP contribution in [0.4, 0.5) is 4.39 Å².